The van der Waals surface area contributed by atoms with Crippen molar-refractivity contribution in [3.63, 3.8) is 0 Å². The van der Waals surface area contributed by atoms with Gasteiger partial charge in [0.1, 0.15) is 0 Å². The van der Waals surface area contributed by atoms with E-state index in [0.29, 0.717) is 11.6 Å². The molecule has 0 aliphatic heterocycles. The molecule has 2 N–H and O–H groups in total. The number of carbonyl (C=O) groups is 1. The van der Waals surface area contributed by atoms with Crippen LogP contribution in [0.25, 0.3) is 0 Å². The smallest absolute Gasteiger partial charge is 0.335 e. The largest absolute Gasteiger partial charge is 0.478 e. The third kappa shape index (κ3) is 4.18. The number of aromatic carboxylic acids is 1. The number of benzene rings is 2. The van der Waals surface area contributed by atoms with Gasteiger partial charge in [-0.2, -0.15) is 5.10 Å². The van der Waals surface area contributed by atoms with Gasteiger partial charge in [-0.3, -0.25) is 5.43 Å². The molecule has 0 aromatic heterocycles. The van der Waals surface area contributed by atoms with E-state index in [4.69, 9.17) is 5.11 Å². The maximum absolute atomic E-state index is 10.9. The Morgan fingerprint density at radius 3 is 2.52 bits per heavy atom. The molecular weight excluding hydrogens is 264 g/mol. The van der Waals surface area contributed by atoms with Crippen molar-refractivity contribution in [2.24, 2.45) is 5.10 Å². The van der Waals surface area contributed by atoms with Crippen LogP contribution in [0, 0.1) is 0 Å². The number of hydrogen-bond donors (Lipinski definition) is 2. The number of anilines is 1. The van der Waals surface area contributed by atoms with Crippen LogP contribution in [0.1, 0.15) is 41.3 Å². The molecule has 108 valence electrons. The summed E-state index contributed by atoms with van der Waals surface area (Å²) >= 11 is 0. The fourth-order valence-electron chi connectivity index (χ4n) is 1.87. The summed E-state index contributed by atoms with van der Waals surface area (Å²) in [6.07, 6.45) is 1.71. The molecule has 0 saturated heterocycles. The first kappa shape index (κ1) is 14.8. The Hall–Kier alpha value is -2.62. The monoisotopic (exact) mass is 282 g/mol. The number of carboxylic acids is 1. The summed E-state index contributed by atoms with van der Waals surface area (Å²) in [4.78, 5) is 10.9. The zero-order valence-corrected chi connectivity index (χ0v) is 12.1. The van der Waals surface area contributed by atoms with Gasteiger partial charge in [-0.25, -0.2) is 4.79 Å². The normalized spacial score (nSPS) is 11.0. The standard InChI is InChI=1S/C17H18N2O2/c1-12(2)14-8-6-13(7-9-14)11-18-19-16-5-3-4-15(10-16)17(20)21/h3-12,19H,1-2H3,(H,20,21). The van der Waals surface area contributed by atoms with Crippen LogP contribution in [0.3, 0.4) is 0 Å². The fourth-order valence-corrected chi connectivity index (χ4v) is 1.87. The Morgan fingerprint density at radius 1 is 1.19 bits per heavy atom. The molecule has 0 bridgehead atoms. The molecule has 0 heterocycles. The summed E-state index contributed by atoms with van der Waals surface area (Å²) in [6.45, 7) is 4.31. The lowest BCUT2D eigenvalue weighted by Gasteiger charge is -2.04. The van der Waals surface area contributed by atoms with Gasteiger partial charge < -0.3 is 5.11 Å². The summed E-state index contributed by atoms with van der Waals surface area (Å²) in [5, 5.41) is 13.0. The molecule has 4 heteroatoms. The average Bonchev–Trinajstić information content (AvgIpc) is 2.48. The first-order valence-electron chi connectivity index (χ1n) is 6.78. The summed E-state index contributed by atoms with van der Waals surface area (Å²) in [6, 6.07) is 14.7. The molecule has 0 amide bonds. The molecule has 2 aromatic rings. The number of rotatable bonds is 5. The van der Waals surface area contributed by atoms with E-state index in [1.165, 1.54) is 5.56 Å². The first-order valence-corrected chi connectivity index (χ1v) is 6.78. The number of carboxylic acid groups (broad SMARTS) is 1. The highest BCUT2D eigenvalue weighted by molar-refractivity contribution is 5.88. The van der Waals surface area contributed by atoms with E-state index >= 15 is 0 Å². The molecule has 0 radical (unpaired) electrons. The van der Waals surface area contributed by atoms with Gasteiger partial charge in [0, 0.05) is 0 Å². The first-order chi connectivity index (χ1) is 10.1. The van der Waals surface area contributed by atoms with Crippen molar-refractivity contribution in [1.82, 2.24) is 0 Å². The zero-order valence-electron chi connectivity index (χ0n) is 12.1. The van der Waals surface area contributed by atoms with Crippen molar-refractivity contribution >= 4 is 17.9 Å². The Morgan fingerprint density at radius 2 is 1.90 bits per heavy atom. The Kier molecular flexibility index (Phi) is 4.72. The van der Waals surface area contributed by atoms with E-state index in [0.717, 1.165) is 5.56 Å². The van der Waals surface area contributed by atoms with Gasteiger partial charge in [0.05, 0.1) is 17.5 Å². The summed E-state index contributed by atoms with van der Waals surface area (Å²) < 4.78 is 0. The van der Waals surface area contributed by atoms with Crippen LogP contribution in [0.15, 0.2) is 53.6 Å². The molecule has 21 heavy (non-hydrogen) atoms. The van der Waals surface area contributed by atoms with Gasteiger partial charge in [0.2, 0.25) is 0 Å². The van der Waals surface area contributed by atoms with Crippen LogP contribution < -0.4 is 5.43 Å². The van der Waals surface area contributed by atoms with Crippen molar-refractivity contribution in [2.45, 2.75) is 19.8 Å². The molecular formula is C17H18N2O2. The van der Waals surface area contributed by atoms with Gasteiger partial charge in [-0.05, 0) is 35.2 Å². The van der Waals surface area contributed by atoms with Gasteiger partial charge in [0.15, 0.2) is 0 Å². The van der Waals surface area contributed by atoms with Gasteiger partial charge in [0.25, 0.3) is 0 Å². The molecule has 2 aromatic carbocycles. The lowest BCUT2D eigenvalue weighted by Crippen LogP contribution is -1.97. The van der Waals surface area contributed by atoms with Crippen molar-refractivity contribution in [2.75, 3.05) is 5.43 Å². The van der Waals surface area contributed by atoms with Crippen LogP contribution in [0.5, 0.6) is 0 Å². The second kappa shape index (κ2) is 6.70. The third-order valence-corrected chi connectivity index (χ3v) is 3.12. The van der Waals surface area contributed by atoms with E-state index in [-0.39, 0.29) is 5.56 Å². The van der Waals surface area contributed by atoms with E-state index in [9.17, 15) is 4.79 Å². The number of hydrazone groups is 1. The van der Waals surface area contributed by atoms with Crippen LogP contribution in [0.2, 0.25) is 0 Å². The maximum Gasteiger partial charge on any atom is 0.335 e. The maximum atomic E-state index is 10.9. The minimum Gasteiger partial charge on any atom is -0.478 e. The molecule has 0 aliphatic carbocycles. The predicted octanol–water partition coefficient (Wildman–Crippen LogP) is 3.95. The van der Waals surface area contributed by atoms with Crippen LogP contribution in [-0.2, 0) is 0 Å². The van der Waals surface area contributed by atoms with Crippen molar-refractivity contribution in [3.8, 4) is 0 Å². The summed E-state index contributed by atoms with van der Waals surface area (Å²) in [7, 11) is 0. The van der Waals surface area contributed by atoms with Gasteiger partial charge in [-0.15, -0.1) is 0 Å². The Bertz CT molecular complexity index is 646. The lowest BCUT2D eigenvalue weighted by atomic mass is 10.0. The zero-order chi connectivity index (χ0) is 15.2. The van der Waals surface area contributed by atoms with Gasteiger partial charge in [-0.1, -0.05) is 44.2 Å². The third-order valence-electron chi connectivity index (χ3n) is 3.12. The highest BCUT2D eigenvalue weighted by atomic mass is 16.4. The second-order valence-electron chi connectivity index (χ2n) is 5.08. The number of nitrogens with one attached hydrogen (secondary N) is 1. The predicted molar refractivity (Wildman–Crippen MR) is 85.1 cm³/mol. The van der Waals surface area contributed by atoms with E-state index in [1.807, 2.05) is 12.1 Å². The highest BCUT2D eigenvalue weighted by Gasteiger charge is 2.02. The molecule has 0 atom stereocenters. The molecule has 4 nitrogen and oxygen atoms in total. The van der Waals surface area contributed by atoms with Crippen molar-refractivity contribution in [1.29, 1.82) is 0 Å². The summed E-state index contributed by atoms with van der Waals surface area (Å²) in [5.41, 5.74) is 5.98. The Labute approximate surface area is 124 Å². The molecule has 0 fully saturated rings. The van der Waals surface area contributed by atoms with Crippen LogP contribution in [-0.4, -0.2) is 17.3 Å². The molecule has 0 spiro atoms. The molecule has 0 aliphatic rings. The quantitative estimate of drug-likeness (QED) is 0.644. The average molecular weight is 282 g/mol. The SMILES string of the molecule is CC(C)c1ccc(C=NNc2cccc(C(=O)O)c2)cc1. The van der Waals surface area contributed by atoms with E-state index < -0.39 is 5.97 Å². The molecule has 0 unspecified atom stereocenters. The highest BCUT2D eigenvalue weighted by Crippen LogP contribution is 2.14. The van der Waals surface area contributed by atoms with E-state index in [1.54, 1.807) is 30.5 Å². The van der Waals surface area contributed by atoms with E-state index in [2.05, 4.69) is 36.5 Å². The molecule has 2 rings (SSSR count). The lowest BCUT2D eigenvalue weighted by molar-refractivity contribution is 0.0697. The summed E-state index contributed by atoms with van der Waals surface area (Å²) in [5.74, 6) is -0.445. The molecule has 0 saturated carbocycles. The van der Waals surface area contributed by atoms with Crippen LogP contribution >= 0.6 is 0 Å². The topological polar surface area (TPSA) is 61.7 Å². The van der Waals surface area contributed by atoms with Crippen molar-refractivity contribution in [3.05, 3.63) is 65.2 Å². The Balaban J connectivity index is 2.02. The number of hydrogen-bond acceptors (Lipinski definition) is 3. The fraction of sp³-hybridized carbons (Fsp3) is 0.176. The minimum absolute atomic E-state index is 0.233. The van der Waals surface area contributed by atoms with Crippen LogP contribution in [0.4, 0.5) is 5.69 Å². The van der Waals surface area contributed by atoms with Crippen molar-refractivity contribution < 1.29 is 9.90 Å². The second-order valence-corrected chi connectivity index (χ2v) is 5.08. The van der Waals surface area contributed by atoms with Gasteiger partial charge >= 0.3 is 5.97 Å². The number of nitrogens with zero attached hydrogens (tertiary/aromatic N) is 1. The minimum atomic E-state index is -0.952.